The highest BCUT2D eigenvalue weighted by Gasteiger charge is 2.28. The number of amides is 1. The number of halogens is 2. The molecule has 0 aliphatic carbocycles. The van der Waals surface area contributed by atoms with Crippen LogP contribution in [0.1, 0.15) is 12.5 Å². The quantitative estimate of drug-likeness (QED) is 0.385. The number of carbonyl (C=O) groups is 1. The van der Waals surface area contributed by atoms with Crippen LogP contribution >= 0.6 is 0 Å². The Labute approximate surface area is 222 Å². The third-order valence-electron chi connectivity index (χ3n) is 7.01. The Bertz CT molecular complexity index is 1550. The van der Waals surface area contributed by atoms with E-state index in [9.17, 15) is 18.4 Å². The highest BCUT2D eigenvalue weighted by molar-refractivity contribution is 5.84. The zero-order valence-electron chi connectivity index (χ0n) is 21.5. The van der Waals surface area contributed by atoms with Crippen molar-refractivity contribution < 1.29 is 23.4 Å². The number of aliphatic hydroxyl groups excluding tert-OH is 1. The normalized spacial score (nSPS) is 15.8. The van der Waals surface area contributed by atoms with Crippen molar-refractivity contribution in [1.29, 1.82) is 0 Å². The molecular formula is C27H28F2N6O4. The van der Waals surface area contributed by atoms with Gasteiger partial charge in [0.1, 0.15) is 12.4 Å². The highest BCUT2D eigenvalue weighted by Crippen LogP contribution is 2.27. The van der Waals surface area contributed by atoms with Crippen LogP contribution in [0.3, 0.4) is 0 Å². The van der Waals surface area contributed by atoms with Crippen LogP contribution in [0, 0.1) is 0 Å². The molecule has 4 aromatic rings. The van der Waals surface area contributed by atoms with Crippen molar-refractivity contribution >= 4 is 22.8 Å². The zero-order valence-corrected chi connectivity index (χ0v) is 21.5. The number of piperazine rings is 1. The Morgan fingerprint density at radius 3 is 2.56 bits per heavy atom. The molecule has 1 atom stereocenters. The van der Waals surface area contributed by atoms with Crippen LogP contribution in [0.5, 0.6) is 5.75 Å². The summed E-state index contributed by atoms with van der Waals surface area (Å²) in [7, 11) is 1.63. The molecule has 0 radical (unpaired) electrons. The lowest BCUT2D eigenvalue weighted by Crippen LogP contribution is -2.54. The summed E-state index contributed by atoms with van der Waals surface area (Å²) in [5.74, 6) is 0.297. The predicted octanol–water partition coefficient (Wildman–Crippen LogP) is 2.48. The van der Waals surface area contributed by atoms with E-state index in [-0.39, 0.29) is 29.8 Å². The van der Waals surface area contributed by atoms with Crippen LogP contribution in [0.15, 0.2) is 59.7 Å². The molecule has 5 rings (SSSR count). The number of aliphatic hydroxyl groups is 1. The lowest BCUT2D eigenvalue weighted by Gasteiger charge is -2.39. The number of fused-ring (bicyclic) bond motifs is 1. The lowest BCUT2D eigenvalue weighted by molar-refractivity contribution is -0.134. The van der Waals surface area contributed by atoms with E-state index in [0.29, 0.717) is 42.0 Å². The van der Waals surface area contributed by atoms with Gasteiger partial charge >= 0.3 is 6.61 Å². The van der Waals surface area contributed by atoms with E-state index >= 15 is 0 Å². The minimum absolute atomic E-state index is 0.0212. The molecule has 1 N–H and O–H groups in total. The number of nitrogens with zero attached hydrogens (tertiary/aromatic N) is 6. The Morgan fingerprint density at radius 1 is 1.13 bits per heavy atom. The number of hydrogen-bond donors (Lipinski definition) is 1. The van der Waals surface area contributed by atoms with Crippen molar-refractivity contribution in [3.63, 3.8) is 0 Å². The first kappa shape index (κ1) is 26.3. The van der Waals surface area contributed by atoms with Crippen molar-refractivity contribution in [1.82, 2.24) is 24.2 Å². The van der Waals surface area contributed by atoms with Gasteiger partial charge in [-0.3, -0.25) is 19.0 Å². The van der Waals surface area contributed by atoms with Gasteiger partial charge in [-0.25, -0.2) is 9.97 Å². The topological polar surface area (TPSA) is 106 Å². The Balaban J connectivity index is 1.43. The van der Waals surface area contributed by atoms with E-state index < -0.39 is 13.2 Å². The number of aromatic nitrogens is 4. The monoisotopic (exact) mass is 538 g/mol. The first-order valence-electron chi connectivity index (χ1n) is 12.5. The van der Waals surface area contributed by atoms with Crippen LogP contribution in [0.4, 0.5) is 14.7 Å². The summed E-state index contributed by atoms with van der Waals surface area (Å²) in [5, 5.41) is 9.62. The molecule has 12 heteroatoms. The van der Waals surface area contributed by atoms with Gasteiger partial charge in [-0.2, -0.15) is 8.78 Å². The average Bonchev–Trinajstić information content (AvgIpc) is 3.17. The van der Waals surface area contributed by atoms with Gasteiger partial charge in [0, 0.05) is 56.2 Å². The molecule has 0 spiro atoms. The van der Waals surface area contributed by atoms with Gasteiger partial charge in [0.05, 0.1) is 17.4 Å². The molecule has 0 bridgehead atoms. The van der Waals surface area contributed by atoms with E-state index in [1.807, 2.05) is 24.0 Å². The summed E-state index contributed by atoms with van der Waals surface area (Å²) >= 11 is 0. The van der Waals surface area contributed by atoms with E-state index in [1.54, 1.807) is 53.3 Å². The molecule has 2 aromatic carbocycles. The van der Waals surface area contributed by atoms with E-state index in [0.717, 1.165) is 11.1 Å². The van der Waals surface area contributed by atoms with Crippen molar-refractivity contribution in [2.24, 2.45) is 7.05 Å². The lowest BCUT2D eigenvalue weighted by atomic mass is 10.1. The number of carbonyl (C=O) groups excluding carboxylic acids is 1. The average molecular weight is 539 g/mol. The molecule has 1 saturated heterocycles. The fourth-order valence-corrected chi connectivity index (χ4v) is 4.95. The Morgan fingerprint density at radius 2 is 1.87 bits per heavy atom. The first-order chi connectivity index (χ1) is 18.8. The molecule has 39 heavy (non-hydrogen) atoms. The second-order valence-electron chi connectivity index (χ2n) is 9.42. The molecule has 1 aliphatic heterocycles. The third kappa shape index (κ3) is 5.19. The first-order valence-corrected chi connectivity index (χ1v) is 12.5. The number of benzene rings is 2. The summed E-state index contributed by atoms with van der Waals surface area (Å²) < 4.78 is 33.7. The van der Waals surface area contributed by atoms with Crippen molar-refractivity contribution in [3.05, 3.63) is 70.8 Å². The number of para-hydroxylation sites is 1. The summed E-state index contributed by atoms with van der Waals surface area (Å²) in [6.07, 6.45) is 3.41. The SMILES string of the molecule is CC1CN(C(=O)CO)CCN1c1ncc(-c2ccc3c(=O)n(C)n(Cc4ccccc4OC(F)F)c3c2)cn1. The van der Waals surface area contributed by atoms with Gasteiger partial charge in [0.2, 0.25) is 11.9 Å². The summed E-state index contributed by atoms with van der Waals surface area (Å²) in [4.78, 5) is 37.5. The smallest absolute Gasteiger partial charge is 0.387 e. The summed E-state index contributed by atoms with van der Waals surface area (Å²) in [5.41, 5.74) is 2.47. The molecule has 0 saturated carbocycles. The van der Waals surface area contributed by atoms with Crippen LogP contribution < -0.4 is 15.2 Å². The molecule has 10 nitrogen and oxygen atoms in total. The van der Waals surface area contributed by atoms with Gasteiger partial charge in [-0.1, -0.05) is 24.3 Å². The van der Waals surface area contributed by atoms with Crippen molar-refractivity contribution in [2.45, 2.75) is 26.1 Å². The second kappa shape index (κ2) is 10.8. The van der Waals surface area contributed by atoms with Gasteiger partial charge in [0.25, 0.3) is 5.56 Å². The van der Waals surface area contributed by atoms with Gasteiger partial charge in [-0.15, -0.1) is 0 Å². The molecule has 1 fully saturated rings. The maximum Gasteiger partial charge on any atom is 0.387 e. The maximum absolute atomic E-state index is 12.9. The summed E-state index contributed by atoms with van der Waals surface area (Å²) in [6, 6.07) is 11.9. The summed E-state index contributed by atoms with van der Waals surface area (Å²) in [6.45, 7) is 0.154. The molecule has 3 heterocycles. The molecule has 1 unspecified atom stereocenters. The number of alkyl halides is 2. The number of anilines is 1. The standard InChI is InChI=1S/C27H28F2N6O4/c1-17-14-33(24(37)16-36)9-10-34(17)27-30-12-20(13-31-27)18-7-8-21-22(11-18)35(32(2)25(21)38)15-19-5-3-4-6-23(19)39-26(28)29/h3-8,11-13,17,26,36H,9-10,14-16H2,1-2H3. The molecule has 204 valence electrons. The molecule has 2 aromatic heterocycles. The van der Waals surface area contributed by atoms with E-state index in [2.05, 4.69) is 14.7 Å². The van der Waals surface area contributed by atoms with Crippen LogP contribution in [0.25, 0.3) is 22.0 Å². The molecule has 1 amide bonds. The van der Waals surface area contributed by atoms with Gasteiger partial charge in [0.15, 0.2) is 0 Å². The van der Waals surface area contributed by atoms with Crippen molar-refractivity contribution in [3.8, 4) is 16.9 Å². The zero-order chi connectivity index (χ0) is 27.7. The number of hydrogen-bond acceptors (Lipinski definition) is 7. The maximum atomic E-state index is 12.9. The second-order valence-corrected chi connectivity index (χ2v) is 9.42. The largest absolute Gasteiger partial charge is 0.434 e. The van der Waals surface area contributed by atoms with Crippen LogP contribution in [0.2, 0.25) is 0 Å². The fraction of sp³-hybridized carbons (Fsp3) is 0.333. The van der Waals surface area contributed by atoms with Gasteiger partial charge in [-0.05, 0) is 30.7 Å². The fourth-order valence-electron chi connectivity index (χ4n) is 4.95. The van der Waals surface area contributed by atoms with Crippen LogP contribution in [-0.2, 0) is 18.4 Å². The molecule has 1 aliphatic rings. The molecular weight excluding hydrogens is 510 g/mol. The Hall–Kier alpha value is -4.32. The van der Waals surface area contributed by atoms with Crippen LogP contribution in [-0.4, -0.2) is 74.1 Å². The third-order valence-corrected chi connectivity index (χ3v) is 7.01. The number of ether oxygens (including phenoxy) is 1. The minimum Gasteiger partial charge on any atom is -0.434 e. The van der Waals surface area contributed by atoms with Gasteiger partial charge < -0.3 is 19.6 Å². The number of rotatable bonds is 7. The van der Waals surface area contributed by atoms with E-state index in [4.69, 9.17) is 5.11 Å². The van der Waals surface area contributed by atoms with Crippen molar-refractivity contribution in [2.75, 3.05) is 31.1 Å². The predicted molar refractivity (Wildman–Crippen MR) is 141 cm³/mol. The van der Waals surface area contributed by atoms with E-state index in [1.165, 1.54) is 10.7 Å². The minimum atomic E-state index is -2.96. The highest BCUT2D eigenvalue weighted by atomic mass is 19.3. The Kier molecular flexibility index (Phi) is 7.29.